The van der Waals surface area contributed by atoms with Gasteiger partial charge in [0.25, 0.3) is 5.56 Å². The highest BCUT2D eigenvalue weighted by Gasteiger charge is 2.47. The molecule has 0 aromatic carbocycles. The summed E-state index contributed by atoms with van der Waals surface area (Å²) in [6, 6.07) is 0. The molecule has 0 aliphatic carbocycles. The van der Waals surface area contributed by atoms with E-state index >= 15 is 0 Å². The van der Waals surface area contributed by atoms with Crippen LogP contribution in [0.3, 0.4) is 0 Å². The van der Waals surface area contributed by atoms with Crippen molar-refractivity contribution < 1.29 is 19.7 Å². The summed E-state index contributed by atoms with van der Waals surface area (Å²) in [6.07, 6.45) is -2.52. The Kier molecular flexibility index (Phi) is 3.00. The fraction of sp³-hybridized carbons (Fsp3) is 0.500. The molecule has 0 amide bonds. The molecule has 4 atom stereocenters. The van der Waals surface area contributed by atoms with Crippen LogP contribution in [0.2, 0.25) is 0 Å². The van der Waals surface area contributed by atoms with Crippen molar-refractivity contribution in [1.82, 2.24) is 9.55 Å². The first-order valence-electron chi connectivity index (χ1n) is 6.17. The number of nitrogens with zero attached hydrogens (tertiary/aromatic N) is 1. The van der Waals surface area contributed by atoms with E-state index in [2.05, 4.69) is 11.6 Å². The Balaban J connectivity index is 2.23. The van der Waals surface area contributed by atoms with E-state index in [4.69, 9.17) is 9.47 Å². The molecule has 2 aliphatic rings. The van der Waals surface area contributed by atoms with Crippen molar-refractivity contribution >= 4 is 0 Å². The Bertz CT molecular complexity index is 663. The molecular formula is C12H14N2O6. The van der Waals surface area contributed by atoms with Crippen LogP contribution < -0.4 is 16.0 Å². The van der Waals surface area contributed by atoms with Crippen LogP contribution in [0.4, 0.5) is 0 Å². The highest BCUT2D eigenvalue weighted by atomic mass is 16.6. The van der Waals surface area contributed by atoms with Crippen LogP contribution in [0.15, 0.2) is 22.2 Å². The van der Waals surface area contributed by atoms with Crippen molar-refractivity contribution in [2.45, 2.75) is 31.0 Å². The molecule has 1 aromatic rings. The third kappa shape index (κ3) is 1.73. The van der Waals surface area contributed by atoms with Crippen LogP contribution in [0.5, 0.6) is 5.88 Å². The molecule has 3 N–H and O–H groups in total. The molecule has 0 saturated carbocycles. The van der Waals surface area contributed by atoms with Crippen LogP contribution in [0.25, 0.3) is 0 Å². The molecule has 2 aliphatic heterocycles. The number of aliphatic hydroxyl groups excluding tert-OH is 2. The minimum atomic E-state index is -1.26. The molecule has 3 heterocycles. The molecule has 3 rings (SSSR count). The average molecular weight is 282 g/mol. The van der Waals surface area contributed by atoms with Crippen LogP contribution >= 0.6 is 0 Å². The lowest BCUT2D eigenvalue weighted by atomic mass is 10.1. The van der Waals surface area contributed by atoms with Gasteiger partial charge in [0, 0.05) is 6.42 Å². The zero-order valence-corrected chi connectivity index (χ0v) is 10.5. The maximum atomic E-state index is 12.0. The molecule has 0 radical (unpaired) electrons. The lowest BCUT2D eigenvalue weighted by Gasteiger charge is -2.22. The number of aromatic amines is 1. The second-order valence-corrected chi connectivity index (χ2v) is 4.76. The van der Waals surface area contributed by atoms with Crippen molar-refractivity contribution in [3.63, 3.8) is 0 Å². The van der Waals surface area contributed by atoms with Crippen molar-refractivity contribution in [2.24, 2.45) is 0 Å². The van der Waals surface area contributed by atoms with Crippen LogP contribution in [-0.2, 0) is 11.2 Å². The summed E-state index contributed by atoms with van der Waals surface area (Å²) < 4.78 is 11.9. The minimum absolute atomic E-state index is 0.0529. The van der Waals surface area contributed by atoms with Gasteiger partial charge in [-0.05, 0) is 0 Å². The Labute approximate surface area is 112 Å². The van der Waals surface area contributed by atoms with Crippen molar-refractivity contribution in [3.05, 3.63) is 39.1 Å². The molecule has 2 bridgehead atoms. The zero-order chi connectivity index (χ0) is 14.4. The van der Waals surface area contributed by atoms with Gasteiger partial charge < -0.3 is 19.7 Å². The lowest BCUT2D eigenvalue weighted by molar-refractivity contribution is -0.0337. The topological polar surface area (TPSA) is 114 Å². The van der Waals surface area contributed by atoms with Gasteiger partial charge in [-0.15, -0.1) is 6.58 Å². The van der Waals surface area contributed by atoms with E-state index < -0.39 is 35.8 Å². The Morgan fingerprint density at radius 2 is 2.15 bits per heavy atom. The maximum absolute atomic E-state index is 12.0. The molecule has 108 valence electrons. The molecule has 1 aromatic heterocycles. The normalized spacial score (nSPS) is 31.3. The van der Waals surface area contributed by atoms with Crippen molar-refractivity contribution in [1.29, 1.82) is 0 Å². The summed E-state index contributed by atoms with van der Waals surface area (Å²) in [4.78, 5) is 25.9. The number of hydrogen-bond donors (Lipinski definition) is 3. The van der Waals surface area contributed by atoms with E-state index in [1.54, 1.807) is 0 Å². The first-order valence-corrected chi connectivity index (χ1v) is 6.17. The number of rotatable bonds is 2. The van der Waals surface area contributed by atoms with E-state index in [0.29, 0.717) is 0 Å². The summed E-state index contributed by atoms with van der Waals surface area (Å²) in [6.45, 7) is 3.50. The third-order valence-electron chi connectivity index (χ3n) is 3.51. The van der Waals surface area contributed by atoms with E-state index in [9.17, 15) is 19.8 Å². The van der Waals surface area contributed by atoms with Gasteiger partial charge in [-0.25, -0.2) is 9.36 Å². The summed E-state index contributed by atoms with van der Waals surface area (Å²) in [7, 11) is 0. The highest BCUT2D eigenvalue weighted by Crippen LogP contribution is 2.34. The molecule has 8 nitrogen and oxygen atoms in total. The Morgan fingerprint density at radius 3 is 2.85 bits per heavy atom. The number of fused-ring (bicyclic) bond motifs is 4. The number of allylic oxidation sites excluding steroid dienone is 1. The van der Waals surface area contributed by atoms with E-state index in [0.717, 1.165) is 4.57 Å². The highest BCUT2D eigenvalue weighted by molar-refractivity contribution is 5.28. The van der Waals surface area contributed by atoms with Gasteiger partial charge in [0.05, 0.1) is 5.56 Å². The largest absolute Gasteiger partial charge is 0.475 e. The van der Waals surface area contributed by atoms with Gasteiger partial charge in [-0.1, -0.05) is 6.08 Å². The second kappa shape index (κ2) is 4.58. The number of aromatic nitrogens is 2. The number of hydrogen-bond acceptors (Lipinski definition) is 6. The van der Waals surface area contributed by atoms with E-state index in [1.165, 1.54) is 6.08 Å². The summed E-state index contributed by atoms with van der Waals surface area (Å²) in [5.41, 5.74) is -1.08. The third-order valence-corrected chi connectivity index (χ3v) is 3.51. The number of nitrogens with one attached hydrogen (secondary N) is 1. The summed E-state index contributed by atoms with van der Waals surface area (Å²) in [5.74, 6) is 0.0529. The summed E-state index contributed by atoms with van der Waals surface area (Å²) >= 11 is 0. The fourth-order valence-corrected chi connectivity index (χ4v) is 2.52. The van der Waals surface area contributed by atoms with Gasteiger partial charge >= 0.3 is 5.69 Å². The smallest absolute Gasteiger partial charge is 0.333 e. The Morgan fingerprint density at radius 1 is 1.40 bits per heavy atom. The fourth-order valence-electron chi connectivity index (χ4n) is 2.52. The molecule has 8 heteroatoms. The monoisotopic (exact) mass is 282 g/mol. The van der Waals surface area contributed by atoms with Crippen molar-refractivity contribution in [3.8, 4) is 5.88 Å². The second-order valence-electron chi connectivity index (χ2n) is 4.76. The molecule has 20 heavy (non-hydrogen) atoms. The van der Waals surface area contributed by atoms with E-state index in [1.807, 2.05) is 0 Å². The van der Waals surface area contributed by atoms with Gasteiger partial charge in [-0.3, -0.25) is 9.78 Å². The van der Waals surface area contributed by atoms with Crippen LogP contribution in [0.1, 0.15) is 11.8 Å². The molecule has 1 fully saturated rings. The molecular weight excluding hydrogens is 268 g/mol. The first kappa shape index (κ1) is 13.1. The van der Waals surface area contributed by atoms with E-state index in [-0.39, 0.29) is 24.5 Å². The molecule has 1 saturated heterocycles. The minimum Gasteiger partial charge on any atom is -0.475 e. The van der Waals surface area contributed by atoms with Crippen molar-refractivity contribution in [2.75, 3.05) is 6.61 Å². The number of H-pyrrole nitrogens is 1. The molecule has 0 spiro atoms. The van der Waals surface area contributed by atoms with Crippen LogP contribution in [0, 0.1) is 0 Å². The quantitative estimate of drug-likeness (QED) is 0.556. The maximum Gasteiger partial charge on any atom is 0.333 e. The summed E-state index contributed by atoms with van der Waals surface area (Å²) in [5, 5.41) is 19.7. The SMILES string of the molecule is C=CCc1c2n(c(=O)[nH]c1=O)[C@@H]1O[C@H](CO2)[C@@H](O)[C@H]1O. The van der Waals surface area contributed by atoms with Gasteiger partial charge in [0.1, 0.15) is 24.9 Å². The van der Waals surface area contributed by atoms with Gasteiger partial charge in [0.15, 0.2) is 6.23 Å². The van der Waals surface area contributed by atoms with Gasteiger partial charge in [-0.2, -0.15) is 0 Å². The average Bonchev–Trinajstić information content (AvgIpc) is 2.61. The van der Waals surface area contributed by atoms with Crippen LogP contribution in [-0.4, -0.2) is 44.7 Å². The standard InChI is InChI=1S/C12H14N2O6/c1-2-3-5-9(17)13-12(18)14-10(5)19-4-6-7(15)8(16)11(14)20-6/h2,6-8,11,15-16H,1,3-4H2,(H,13,17,18)/t6-,7-,8-,11-/m1/s1. The lowest BCUT2D eigenvalue weighted by Crippen LogP contribution is -2.42. The molecule has 0 unspecified atom stereocenters. The first-order chi connectivity index (χ1) is 9.54. The van der Waals surface area contributed by atoms with Gasteiger partial charge in [0.2, 0.25) is 5.88 Å². The number of aliphatic hydroxyl groups is 2. The Hall–Kier alpha value is -1.90. The zero-order valence-electron chi connectivity index (χ0n) is 10.5. The predicted octanol–water partition coefficient (Wildman–Crippen LogP) is -1.72. The number of ether oxygens (including phenoxy) is 2. The predicted molar refractivity (Wildman–Crippen MR) is 66.6 cm³/mol.